The third-order valence-corrected chi connectivity index (χ3v) is 3.96. The number of imide groups is 1. The van der Waals surface area contributed by atoms with Gasteiger partial charge in [-0.3, -0.25) is 24.2 Å². The quantitative estimate of drug-likeness (QED) is 0.803. The highest BCUT2D eigenvalue weighted by molar-refractivity contribution is 6.08. The van der Waals surface area contributed by atoms with Crippen molar-refractivity contribution in [3.05, 3.63) is 35.6 Å². The fraction of sp³-hybridized carbons (Fsp3) is 0.438. The van der Waals surface area contributed by atoms with Crippen LogP contribution in [0.2, 0.25) is 0 Å². The SMILES string of the molecule is C[C@H](C(=O)NCc1ccccc1F)N1C(=O)C[C@H](N(C)C)C1=O. The average molecular weight is 321 g/mol. The van der Waals surface area contributed by atoms with Gasteiger partial charge in [0.1, 0.15) is 11.9 Å². The van der Waals surface area contributed by atoms with Gasteiger partial charge in [-0.2, -0.15) is 0 Å². The first-order valence-corrected chi connectivity index (χ1v) is 7.36. The Morgan fingerprint density at radius 1 is 1.39 bits per heavy atom. The summed E-state index contributed by atoms with van der Waals surface area (Å²) in [5.74, 6) is -1.66. The Kier molecular flexibility index (Phi) is 5.10. The zero-order chi connectivity index (χ0) is 17.1. The number of carbonyl (C=O) groups excluding carboxylic acids is 3. The lowest BCUT2D eigenvalue weighted by atomic mass is 10.2. The van der Waals surface area contributed by atoms with E-state index >= 15 is 0 Å². The Hall–Kier alpha value is -2.28. The Bertz CT molecular complexity index is 633. The van der Waals surface area contributed by atoms with E-state index in [1.807, 2.05) is 0 Å². The number of likely N-dealkylation sites (tertiary alicyclic amines) is 1. The van der Waals surface area contributed by atoms with E-state index in [1.165, 1.54) is 13.0 Å². The molecule has 1 aromatic carbocycles. The van der Waals surface area contributed by atoms with Crippen molar-refractivity contribution in [2.24, 2.45) is 0 Å². The molecule has 0 bridgehead atoms. The smallest absolute Gasteiger partial charge is 0.247 e. The van der Waals surface area contributed by atoms with E-state index in [9.17, 15) is 18.8 Å². The molecule has 1 aliphatic rings. The van der Waals surface area contributed by atoms with E-state index in [0.29, 0.717) is 5.56 Å². The lowest BCUT2D eigenvalue weighted by Crippen LogP contribution is -2.49. The lowest BCUT2D eigenvalue weighted by molar-refractivity contribution is -0.147. The minimum atomic E-state index is -0.924. The van der Waals surface area contributed by atoms with E-state index in [0.717, 1.165) is 4.90 Å². The van der Waals surface area contributed by atoms with Crippen molar-refractivity contribution < 1.29 is 18.8 Å². The maximum Gasteiger partial charge on any atom is 0.247 e. The molecule has 124 valence electrons. The highest BCUT2D eigenvalue weighted by Crippen LogP contribution is 2.19. The van der Waals surface area contributed by atoms with Crippen LogP contribution in [0, 0.1) is 5.82 Å². The van der Waals surface area contributed by atoms with E-state index < -0.39 is 23.8 Å². The average Bonchev–Trinajstić information content (AvgIpc) is 2.80. The summed E-state index contributed by atoms with van der Waals surface area (Å²) in [6.07, 6.45) is 0.0662. The lowest BCUT2D eigenvalue weighted by Gasteiger charge is -2.23. The summed E-state index contributed by atoms with van der Waals surface area (Å²) in [4.78, 5) is 39.1. The molecule has 0 aromatic heterocycles. The van der Waals surface area contributed by atoms with Crippen molar-refractivity contribution in [3.8, 4) is 0 Å². The van der Waals surface area contributed by atoms with Crippen LogP contribution >= 0.6 is 0 Å². The van der Waals surface area contributed by atoms with Gasteiger partial charge in [-0.15, -0.1) is 0 Å². The molecule has 0 spiro atoms. The summed E-state index contributed by atoms with van der Waals surface area (Å²) in [7, 11) is 3.42. The molecule has 6 nitrogen and oxygen atoms in total. The minimum absolute atomic E-state index is 0.00315. The molecule has 3 amide bonds. The molecule has 2 rings (SSSR count). The standard InChI is InChI=1S/C16H20FN3O3/c1-10(20-14(21)8-13(16(20)23)19(2)3)15(22)18-9-11-6-4-5-7-12(11)17/h4-7,10,13H,8-9H2,1-3H3,(H,18,22)/t10-,13+/m1/s1. The second-order valence-electron chi connectivity index (χ2n) is 5.77. The molecule has 1 aromatic rings. The van der Waals surface area contributed by atoms with E-state index in [-0.39, 0.29) is 24.8 Å². The molecular weight excluding hydrogens is 301 g/mol. The molecule has 1 saturated heterocycles. The molecule has 0 saturated carbocycles. The molecule has 7 heteroatoms. The number of carbonyl (C=O) groups is 3. The number of rotatable bonds is 5. The van der Waals surface area contributed by atoms with Gasteiger partial charge in [0.05, 0.1) is 12.5 Å². The Balaban J connectivity index is 2.01. The van der Waals surface area contributed by atoms with Gasteiger partial charge < -0.3 is 5.32 Å². The maximum atomic E-state index is 13.5. The van der Waals surface area contributed by atoms with Gasteiger partial charge in [-0.05, 0) is 27.1 Å². The van der Waals surface area contributed by atoms with E-state index in [4.69, 9.17) is 0 Å². The number of likely N-dealkylation sites (N-methyl/N-ethyl adjacent to an activating group) is 1. The fourth-order valence-corrected chi connectivity index (χ4v) is 2.53. The number of nitrogens with zero attached hydrogens (tertiary/aromatic N) is 2. The summed E-state index contributed by atoms with van der Waals surface area (Å²) < 4.78 is 13.5. The molecular formula is C16H20FN3O3. The van der Waals surface area contributed by atoms with Crippen LogP contribution in [0.3, 0.4) is 0 Å². The largest absolute Gasteiger partial charge is 0.350 e. The van der Waals surface area contributed by atoms with Crippen LogP contribution in [-0.4, -0.2) is 53.7 Å². The van der Waals surface area contributed by atoms with Gasteiger partial charge in [0.2, 0.25) is 17.7 Å². The second-order valence-corrected chi connectivity index (χ2v) is 5.77. The molecule has 1 fully saturated rings. The van der Waals surface area contributed by atoms with Gasteiger partial charge in [0, 0.05) is 12.1 Å². The minimum Gasteiger partial charge on any atom is -0.350 e. The highest BCUT2D eigenvalue weighted by Gasteiger charge is 2.43. The van der Waals surface area contributed by atoms with Crippen LogP contribution in [-0.2, 0) is 20.9 Å². The van der Waals surface area contributed by atoms with Crippen LogP contribution < -0.4 is 5.32 Å². The molecule has 1 heterocycles. The first kappa shape index (κ1) is 17.1. The monoisotopic (exact) mass is 321 g/mol. The third-order valence-electron chi connectivity index (χ3n) is 3.96. The Morgan fingerprint density at radius 2 is 2.04 bits per heavy atom. The first-order chi connectivity index (χ1) is 10.8. The maximum absolute atomic E-state index is 13.5. The predicted molar refractivity (Wildman–Crippen MR) is 81.7 cm³/mol. The number of benzene rings is 1. The molecule has 0 radical (unpaired) electrons. The summed E-state index contributed by atoms with van der Waals surface area (Å²) in [6, 6.07) is 4.64. The van der Waals surface area contributed by atoms with Gasteiger partial charge in [0.25, 0.3) is 0 Å². The molecule has 1 aliphatic heterocycles. The summed E-state index contributed by atoms with van der Waals surface area (Å²) in [6.45, 7) is 1.49. The predicted octanol–water partition coefficient (Wildman–Crippen LogP) is 0.520. The van der Waals surface area contributed by atoms with Gasteiger partial charge in [-0.25, -0.2) is 4.39 Å². The van der Waals surface area contributed by atoms with Gasteiger partial charge in [0.15, 0.2) is 0 Å². The number of hydrogen-bond donors (Lipinski definition) is 1. The van der Waals surface area contributed by atoms with Crippen molar-refractivity contribution in [2.75, 3.05) is 14.1 Å². The molecule has 0 aliphatic carbocycles. The van der Waals surface area contributed by atoms with Crippen LogP contribution in [0.15, 0.2) is 24.3 Å². The Labute approximate surface area is 134 Å². The van der Waals surface area contributed by atoms with Crippen LogP contribution in [0.1, 0.15) is 18.9 Å². The number of nitrogens with one attached hydrogen (secondary N) is 1. The van der Waals surface area contributed by atoms with Crippen LogP contribution in [0.5, 0.6) is 0 Å². The van der Waals surface area contributed by atoms with Crippen molar-refractivity contribution in [1.82, 2.24) is 15.1 Å². The van der Waals surface area contributed by atoms with Crippen LogP contribution in [0.4, 0.5) is 4.39 Å². The normalized spacial score (nSPS) is 19.3. The van der Waals surface area contributed by atoms with Crippen molar-refractivity contribution in [1.29, 1.82) is 0 Å². The Morgan fingerprint density at radius 3 is 2.61 bits per heavy atom. The summed E-state index contributed by atoms with van der Waals surface area (Å²) >= 11 is 0. The van der Waals surface area contributed by atoms with E-state index in [2.05, 4.69) is 5.32 Å². The first-order valence-electron chi connectivity index (χ1n) is 7.36. The second kappa shape index (κ2) is 6.87. The zero-order valence-corrected chi connectivity index (χ0v) is 13.4. The third kappa shape index (κ3) is 3.56. The van der Waals surface area contributed by atoms with Gasteiger partial charge in [-0.1, -0.05) is 18.2 Å². The number of amides is 3. The molecule has 0 unspecified atom stereocenters. The van der Waals surface area contributed by atoms with Crippen LogP contribution in [0.25, 0.3) is 0 Å². The fourth-order valence-electron chi connectivity index (χ4n) is 2.53. The summed E-state index contributed by atoms with van der Waals surface area (Å²) in [5, 5.41) is 2.56. The van der Waals surface area contributed by atoms with Crippen molar-refractivity contribution in [3.63, 3.8) is 0 Å². The zero-order valence-electron chi connectivity index (χ0n) is 13.4. The molecule has 2 atom stereocenters. The van der Waals surface area contributed by atoms with E-state index in [1.54, 1.807) is 37.2 Å². The molecule has 1 N–H and O–H groups in total. The van der Waals surface area contributed by atoms with Crippen molar-refractivity contribution in [2.45, 2.75) is 32.0 Å². The highest BCUT2D eigenvalue weighted by atomic mass is 19.1. The molecule has 23 heavy (non-hydrogen) atoms. The number of hydrogen-bond acceptors (Lipinski definition) is 4. The summed E-state index contributed by atoms with van der Waals surface area (Å²) in [5.41, 5.74) is 0.346. The van der Waals surface area contributed by atoms with Gasteiger partial charge >= 0.3 is 0 Å². The number of halogens is 1. The van der Waals surface area contributed by atoms with Crippen molar-refractivity contribution >= 4 is 17.7 Å². The topological polar surface area (TPSA) is 69.7 Å².